The molecule has 1 aromatic heterocycles. The monoisotopic (exact) mass is 295 g/mol. The molecule has 1 aromatic carbocycles. The number of hydrogen-bond donors (Lipinski definition) is 0. The minimum atomic E-state index is -0.468. The molecule has 2 heterocycles. The SMILES string of the molecule is CCOC(=O)C1=NOCc2c1ccc1sc(Cl)cc21. The van der Waals surface area contributed by atoms with E-state index in [1.165, 1.54) is 11.3 Å². The summed E-state index contributed by atoms with van der Waals surface area (Å²) in [5, 5.41) is 4.82. The van der Waals surface area contributed by atoms with Gasteiger partial charge in [-0.2, -0.15) is 0 Å². The number of carbonyl (C=O) groups excluding carboxylic acids is 1. The van der Waals surface area contributed by atoms with Gasteiger partial charge in [0.15, 0.2) is 5.71 Å². The van der Waals surface area contributed by atoms with Gasteiger partial charge in [0.05, 0.1) is 10.9 Å². The van der Waals surface area contributed by atoms with Crippen molar-refractivity contribution in [2.24, 2.45) is 5.16 Å². The van der Waals surface area contributed by atoms with Gasteiger partial charge in [0.1, 0.15) is 6.61 Å². The van der Waals surface area contributed by atoms with Gasteiger partial charge >= 0.3 is 5.97 Å². The van der Waals surface area contributed by atoms with Gasteiger partial charge in [-0.25, -0.2) is 4.79 Å². The maximum absolute atomic E-state index is 11.8. The summed E-state index contributed by atoms with van der Waals surface area (Å²) in [6.45, 7) is 2.40. The van der Waals surface area contributed by atoms with Crippen molar-refractivity contribution in [1.29, 1.82) is 0 Å². The van der Waals surface area contributed by atoms with Crippen molar-refractivity contribution in [3.63, 3.8) is 0 Å². The predicted molar refractivity (Wildman–Crippen MR) is 74.8 cm³/mol. The quantitative estimate of drug-likeness (QED) is 0.798. The maximum Gasteiger partial charge on any atom is 0.361 e. The van der Waals surface area contributed by atoms with Crippen LogP contribution < -0.4 is 0 Å². The van der Waals surface area contributed by atoms with Crippen molar-refractivity contribution >= 4 is 44.7 Å². The third-order valence-electron chi connectivity index (χ3n) is 2.87. The average molecular weight is 296 g/mol. The molecule has 0 amide bonds. The number of rotatable bonds is 2. The lowest BCUT2D eigenvalue weighted by atomic mass is 9.99. The van der Waals surface area contributed by atoms with Crippen LogP contribution in [0.1, 0.15) is 18.1 Å². The molecule has 0 atom stereocenters. The molecule has 0 saturated heterocycles. The molecule has 0 fully saturated rings. The van der Waals surface area contributed by atoms with Gasteiger partial charge in [-0.3, -0.25) is 0 Å². The summed E-state index contributed by atoms with van der Waals surface area (Å²) in [4.78, 5) is 17.0. The van der Waals surface area contributed by atoms with Crippen LogP contribution in [0.25, 0.3) is 10.1 Å². The number of fused-ring (bicyclic) bond motifs is 3. The van der Waals surface area contributed by atoms with Gasteiger partial charge in [-0.15, -0.1) is 11.3 Å². The largest absolute Gasteiger partial charge is 0.461 e. The number of thiophene rings is 1. The molecule has 0 spiro atoms. The Hall–Kier alpha value is -1.59. The number of benzene rings is 1. The Morgan fingerprint density at radius 2 is 2.42 bits per heavy atom. The number of oxime groups is 1. The fraction of sp³-hybridized carbons (Fsp3) is 0.231. The first kappa shape index (κ1) is 12.4. The molecular formula is C13H10ClNO3S. The van der Waals surface area contributed by atoms with Gasteiger partial charge in [0, 0.05) is 21.2 Å². The van der Waals surface area contributed by atoms with Gasteiger partial charge < -0.3 is 9.57 Å². The van der Waals surface area contributed by atoms with Crippen LogP contribution in [0.3, 0.4) is 0 Å². The fourth-order valence-electron chi connectivity index (χ4n) is 2.07. The normalized spacial score (nSPS) is 13.7. The van der Waals surface area contributed by atoms with Crippen LogP contribution in [-0.2, 0) is 21.0 Å². The van der Waals surface area contributed by atoms with E-state index in [-0.39, 0.29) is 5.71 Å². The van der Waals surface area contributed by atoms with E-state index in [0.717, 1.165) is 21.2 Å². The molecule has 0 radical (unpaired) electrons. The van der Waals surface area contributed by atoms with E-state index in [4.69, 9.17) is 21.2 Å². The van der Waals surface area contributed by atoms with Gasteiger partial charge in [0.25, 0.3) is 0 Å². The minimum absolute atomic E-state index is 0.215. The summed E-state index contributed by atoms with van der Waals surface area (Å²) >= 11 is 7.53. The Balaban J connectivity index is 2.14. The molecule has 2 aromatic rings. The van der Waals surface area contributed by atoms with Crippen LogP contribution in [-0.4, -0.2) is 18.3 Å². The molecule has 19 heavy (non-hydrogen) atoms. The summed E-state index contributed by atoms with van der Waals surface area (Å²) in [6.07, 6.45) is 0. The lowest BCUT2D eigenvalue weighted by Crippen LogP contribution is -2.23. The number of esters is 1. The first-order valence-electron chi connectivity index (χ1n) is 5.79. The molecule has 0 N–H and O–H groups in total. The molecule has 1 aliphatic heterocycles. The topological polar surface area (TPSA) is 47.9 Å². The Labute approximate surface area is 118 Å². The average Bonchev–Trinajstić information content (AvgIpc) is 2.79. The van der Waals surface area contributed by atoms with E-state index in [2.05, 4.69) is 5.16 Å². The number of ether oxygens (including phenoxy) is 1. The number of halogens is 1. The summed E-state index contributed by atoms with van der Waals surface area (Å²) in [6, 6.07) is 5.69. The molecule has 98 valence electrons. The Morgan fingerprint density at radius 1 is 1.58 bits per heavy atom. The predicted octanol–water partition coefficient (Wildman–Crippen LogP) is 3.35. The van der Waals surface area contributed by atoms with E-state index in [1.54, 1.807) is 6.92 Å². The summed E-state index contributed by atoms with van der Waals surface area (Å²) in [5.41, 5.74) is 1.90. The molecule has 0 saturated carbocycles. The minimum Gasteiger partial charge on any atom is -0.461 e. The van der Waals surface area contributed by atoms with Crippen LogP contribution in [0.2, 0.25) is 4.34 Å². The zero-order valence-corrected chi connectivity index (χ0v) is 11.7. The summed E-state index contributed by atoms with van der Waals surface area (Å²) < 4.78 is 6.76. The fourth-order valence-corrected chi connectivity index (χ4v) is 3.25. The van der Waals surface area contributed by atoms with Crippen molar-refractivity contribution < 1.29 is 14.4 Å². The highest BCUT2D eigenvalue weighted by atomic mass is 35.5. The van der Waals surface area contributed by atoms with Crippen LogP contribution in [0, 0.1) is 0 Å². The van der Waals surface area contributed by atoms with E-state index in [9.17, 15) is 4.79 Å². The molecule has 1 aliphatic rings. The Bertz CT molecular complexity index is 692. The summed E-state index contributed by atoms with van der Waals surface area (Å²) in [7, 11) is 0. The van der Waals surface area contributed by atoms with Crippen molar-refractivity contribution in [2.45, 2.75) is 13.5 Å². The second-order valence-electron chi connectivity index (χ2n) is 3.99. The second kappa shape index (κ2) is 4.83. The molecule has 0 bridgehead atoms. The lowest BCUT2D eigenvalue weighted by molar-refractivity contribution is -0.135. The van der Waals surface area contributed by atoms with E-state index < -0.39 is 5.97 Å². The number of hydrogen-bond acceptors (Lipinski definition) is 5. The van der Waals surface area contributed by atoms with Crippen molar-refractivity contribution in [3.05, 3.63) is 33.7 Å². The van der Waals surface area contributed by atoms with E-state index >= 15 is 0 Å². The first-order chi connectivity index (χ1) is 9.20. The highest BCUT2D eigenvalue weighted by Gasteiger charge is 2.25. The molecular weight excluding hydrogens is 286 g/mol. The highest BCUT2D eigenvalue weighted by molar-refractivity contribution is 7.22. The Kier molecular flexibility index (Phi) is 3.16. The summed E-state index contributed by atoms with van der Waals surface area (Å²) in [5.74, 6) is -0.468. The highest BCUT2D eigenvalue weighted by Crippen LogP contribution is 2.35. The van der Waals surface area contributed by atoms with Crippen molar-refractivity contribution in [1.82, 2.24) is 0 Å². The zero-order valence-electron chi connectivity index (χ0n) is 10.1. The molecule has 4 nitrogen and oxygen atoms in total. The van der Waals surface area contributed by atoms with Gasteiger partial charge in [-0.05, 0) is 19.1 Å². The lowest BCUT2D eigenvalue weighted by Gasteiger charge is -2.16. The molecule has 6 heteroatoms. The van der Waals surface area contributed by atoms with Gasteiger partial charge in [0.2, 0.25) is 0 Å². The van der Waals surface area contributed by atoms with Crippen molar-refractivity contribution in [2.75, 3.05) is 6.61 Å². The van der Waals surface area contributed by atoms with Crippen molar-refractivity contribution in [3.8, 4) is 0 Å². The van der Waals surface area contributed by atoms with Crippen LogP contribution >= 0.6 is 22.9 Å². The molecule has 3 rings (SSSR count). The third-order valence-corrected chi connectivity index (χ3v) is 4.10. The third kappa shape index (κ3) is 2.09. The second-order valence-corrected chi connectivity index (χ2v) is 5.70. The van der Waals surface area contributed by atoms with E-state index in [1.807, 2.05) is 18.2 Å². The standard InChI is InChI=1S/C13H10ClNO3S/c1-2-17-13(16)12-7-3-4-10-8(5-11(14)19-10)9(7)6-18-15-12/h3-5H,2,6H2,1H3. The molecule has 0 aliphatic carbocycles. The van der Waals surface area contributed by atoms with Crippen LogP contribution in [0.15, 0.2) is 23.4 Å². The number of nitrogens with zero attached hydrogens (tertiary/aromatic N) is 1. The molecule has 0 unspecified atom stereocenters. The van der Waals surface area contributed by atoms with Crippen LogP contribution in [0.5, 0.6) is 0 Å². The van der Waals surface area contributed by atoms with E-state index in [0.29, 0.717) is 17.6 Å². The Morgan fingerprint density at radius 3 is 3.21 bits per heavy atom. The van der Waals surface area contributed by atoms with Crippen LogP contribution in [0.4, 0.5) is 0 Å². The zero-order chi connectivity index (χ0) is 13.4. The first-order valence-corrected chi connectivity index (χ1v) is 6.98. The smallest absolute Gasteiger partial charge is 0.361 e. The maximum atomic E-state index is 11.8. The number of carbonyl (C=O) groups is 1. The van der Waals surface area contributed by atoms with Gasteiger partial charge in [-0.1, -0.05) is 22.8 Å².